The molecule has 2 heterocycles. The predicted octanol–water partition coefficient (Wildman–Crippen LogP) is 3.04. The first-order chi connectivity index (χ1) is 10.3. The molecule has 0 aliphatic heterocycles. The van der Waals surface area contributed by atoms with Crippen LogP contribution in [0.4, 0.5) is 0 Å². The lowest BCUT2D eigenvalue weighted by atomic mass is 9.97. The Hall–Kier alpha value is -2.40. The van der Waals surface area contributed by atoms with Gasteiger partial charge in [0.25, 0.3) is 5.69 Å². The zero-order valence-electron chi connectivity index (χ0n) is 11.7. The maximum absolute atomic E-state index is 4.45. The lowest BCUT2D eigenvalue weighted by Gasteiger charge is -2.07. The number of hydrogen-bond acceptors (Lipinski definition) is 4. The number of nitrogens with zero attached hydrogens (tertiary/aromatic N) is 4. The summed E-state index contributed by atoms with van der Waals surface area (Å²) in [4.78, 5) is 0. The third-order valence-corrected chi connectivity index (χ3v) is 4.41. The van der Waals surface area contributed by atoms with E-state index in [0.29, 0.717) is 0 Å². The van der Waals surface area contributed by atoms with Crippen LogP contribution in [0, 0.1) is 6.92 Å². The fourth-order valence-electron chi connectivity index (χ4n) is 2.78. The van der Waals surface area contributed by atoms with E-state index in [9.17, 15) is 0 Å². The molecule has 0 unspecified atom stereocenters. The van der Waals surface area contributed by atoms with Crippen molar-refractivity contribution < 1.29 is 4.68 Å². The molecular formula is C16H13N4S+. The van der Waals surface area contributed by atoms with Gasteiger partial charge in [0, 0.05) is 0 Å². The topological polar surface area (TPSA) is 42.6 Å². The summed E-state index contributed by atoms with van der Waals surface area (Å²) in [5.41, 5.74) is 5.18. The molecule has 0 saturated carbocycles. The Morgan fingerprint density at radius 2 is 1.90 bits per heavy atom. The standard InChI is InChI=1S/C16H13N4S/c1-10-12-6-4-3-5-11(12)7-8-13(10)16-15-14(18-21-19-15)9-17-20(16)2/h3-9H,1-2H3/q+1. The van der Waals surface area contributed by atoms with E-state index in [1.165, 1.54) is 28.1 Å². The minimum absolute atomic E-state index is 0.848. The number of benzene rings is 2. The van der Waals surface area contributed by atoms with Crippen molar-refractivity contribution in [2.75, 3.05) is 0 Å². The van der Waals surface area contributed by atoms with Crippen molar-refractivity contribution in [2.45, 2.75) is 6.92 Å². The Morgan fingerprint density at radius 3 is 2.81 bits per heavy atom. The number of rotatable bonds is 1. The lowest BCUT2D eigenvalue weighted by molar-refractivity contribution is -0.719. The largest absolute Gasteiger partial charge is 0.268 e. The van der Waals surface area contributed by atoms with Crippen LogP contribution in [0.15, 0.2) is 42.6 Å². The fraction of sp³-hybridized carbons (Fsp3) is 0.125. The molecule has 4 rings (SSSR count). The van der Waals surface area contributed by atoms with Crippen LogP contribution < -0.4 is 4.68 Å². The molecule has 2 aromatic carbocycles. The highest BCUT2D eigenvalue weighted by atomic mass is 32.1. The van der Waals surface area contributed by atoms with Crippen molar-refractivity contribution in [1.29, 1.82) is 0 Å². The summed E-state index contributed by atoms with van der Waals surface area (Å²) < 4.78 is 10.6. The van der Waals surface area contributed by atoms with Gasteiger partial charge in [0.15, 0.2) is 12.6 Å². The molecule has 0 saturated heterocycles. The Bertz CT molecular complexity index is 975. The zero-order valence-corrected chi connectivity index (χ0v) is 12.6. The molecule has 0 atom stereocenters. The number of hydrogen-bond donors (Lipinski definition) is 0. The van der Waals surface area contributed by atoms with Crippen LogP contribution in [0.25, 0.3) is 33.1 Å². The predicted molar refractivity (Wildman–Crippen MR) is 84.1 cm³/mol. The second-order valence-electron chi connectivity index (χ2n) is 5.07. The van der Waals surface area contributed by atoms with Crippen molar-refractivity contribution in [1.82, 2.24) is 13.8 Å². The first kappa shape index (κ1) is 12.3. The second-order valence-corrected chi connectivity index (χ2v) is 5.60. The second kappa shape index (κ2) is 4.56. The lowest BCUT2D eigenvalue weighted by Crippen LogP contribution is -2.35. The highest BCUT2D eigenvalue weighted by Gasteiger charge is 2.22. The molecule has 102 valence electrons. The number of aryl methyl sites for hydroxylation is 2. The first-order valence-electron chi connectivity index (χ1n) is 6.72. The normalized spacial score (nSPS) is 11.3. The monoisotopic (exact) mass is 293 g/mol. The summed E-state index contributed by atoms with van der Waals surface area (Å²) in [7, 11) is 1.95. The molecule has 0 aliphatic carbocycles. The molecule has 4 aromatic rings. The highest BCUT2D eigenvalue weighted by molar-refractivity contribution is 7.00. The minimum Gasteiger partial charge on any atom is -0.171 e. The van der Waals surface area contributed by atoms with E-state index in [-0.39, 0.29) is 0 Å². The van der Waals surface area contributed by atoms with Crippen LogP contribution in [0.1, 0.15) is 5.56 Å². The molecule has 0 N–H and O–H groups in total. The van der Waals surface area contributed by atoms with Crippen molar-refractivity contribution in [3.8, 4) is 11.3 Å². The molecule has 2 aromatic heterocycles. The molecular weight excluding hydrogens is 280 g/mol. The van der Waals surface area contributed by atoms with Gasteiger partial charge in [-0.25, -0.2) is 0 Å². The molecule has 0 fully saturated rings. The number of fused-ring (bicyclic) bond motifs is 2. The summed E-state index contributed by atoms with van der Waals surface area (Å²) in [6.45, 7) is 2.15. The van der Waals surface area contributed by atoms with Crippen molar-refractivity contribution >= 4 is 33.5 Å². The highest BCUT2D eigenvalue weighted by Crippen LogP contribution is 2.30. The van der Waals surface area contributed by atoms with Crippen LogP contribution in [0.5, 0.6) is 0 Å². The molecule has 0 aliphatic rings. The van der Waals surface area contributed by atoms with Gasteiger partial charge in [-0.1, -0.05) is 35.0 Å². The van der Waals surface area contributed by atoms with Gasteiger partial charge < -0.3 is 0 Å². The molecule has 4 nitrogen and oxygen atoms in total. The minimum atomic E-state index is 0.848. The SMILES string of the molecule is Cc1c(-c2c3nsnc3cn[n+]2C)ccc2ccccc12. The van der Waals surface area contributed by atoms with Crippen LogP contribution in [-0.4, -0.2) is 13.8 Å². The van der Waals surface area contributed by atoms with Crippen molar-refractivity contribution in [2.24, 2.45) is 7.05 Å². The first-order valence-corrected chi connectivity index (χ1v) is 7.45. The van der Waals surface area contributed by atoms with E-state index in [1.807, 2.05) is 11.7 Å². The average Bonchev–Trinajstić information content (AvgIpc) is 2.97. The summed E-state index contributed by atoms with van der Waals surface area (Å²) in [5.74, 6) is 0. The van der Waals surface area contributed by atoms with Crippen molar-refractivity contribution in [3.05, 3.63) is 48.2 Å². The maximum atomic E-state index is 4.45. The van der Waals surface area contributed by atoms with Crippen LogP contribution in [0.2, 0.25) is 0 Å². The average molecular weight is 293 g/mol. The van der Waals surface area contributed by atoms with E-state index >= 15 is 0 Å². The summed E-state index contributed by atoms with van der Waals surface area (Å²) in [6.07, 6.45) is 1.76. The third kappa shape index (κ3) is 1.81. The third-order valence-electron chi connectivity index (χ3n) is 3.87. The molecule has 21 heavy (non-hydrogen) atoms. The van der Waals surface area contributed by atoms with Crippen LogP contribution in [0.3, 0.4) is 0 Å². The quantitative estimate of drug-likeness (QED) is 0.507. The summed E-state index contributed by atoms with van der Waals surface area (Å²) >= 11 is 1.23. The summed E-state index contributed by atoms with van der Waals surface area (Å²) in [6, 6.07) is 12.7. The van der Waals surface area contributed by atoms with Gasteiger partial charge in [-0.3, -0.25) is 0 Å². The van der Waals surface area contributed by atoms with Gasteiger partial charge in [0.2, 0.25) is 0 Å². The van der Waals surface area contributed by atoms with E-state index in [2.05, 4.69) is 57.2 Å². The van der Waals surface area contributed by atoms with E-state index in [0.717, 1.165) is 22.3 Å². The maximum Gasteiger partial charge on any atom is 0.268 e. The molecule has 0 radical (unpaired) electrons. The van der Waals surface area contributed by atoms with Crippen LogP contribution >= 0.6 is 11.7 Å². The van der Waals surface area contributed by atoms with Gasteiger partial charge in [-0.05, 0) is 34.4 Å². The summed E-state index contributed by atoms with van der Waals surface area (Å²) in [5, 5.41) is 6.91. The van der Waals surface area contributed by atoms with Crippen molar-refractivity contribution in [3.63, 3.8) is 0 Å². The fourth-order valence-corrected chi connectivity index (χ4v) is 3.31. The molecule has 0 bridgehead atoms. The van der Waals surface area contributed by atoms with Gasteiger partial charge in [-0.15, -0.1) is 0 Å². The number of aromatic nitrogens is 4. The van der Waals surface area contributed by atoms with E-state index in [4.69, 9.17) is 0 Å². The van der Waals surface area contributed by atoms with Gasteiger partial charge in [0.05, 0.1) is 17.3 Å². The van der Waals surface area contributed by atoms with E-state index < -0.39 is 0 Å². The van der Waals surface area contributed by atoms with Gasteiger partial charge in [-0.2, -0.15) is 8.75 Å². The Labute approximate surface area is 126 Å². The Morgan fingerprint density at radius 1 is 1.05 bits per heavy atom. The van der Waals surface area contributed by atoms with E-state index in [1.54, 1.807) is 6.20 Å². The smallest absolute Gasteiger partial charge is 0.171 e. The van der Waals surface area contributed by atoms with Gasteiger partial charge >= 0.3 is 0 Å². The molecule has 5 heteroatoms. The Kier molecular flexibility index (Phi) is 2.68. The zero-order chi connectivity index (χ0) is 14.4. The molecule has 0 amide bonds. The van der Waals surface area contributed by atoms with Gasteiger partial charge in [0.1, 0.15) is 11.7 Å². The van der Waals surface area contributed by atoms with Crippen LogP contribution in [-0.2, 0) is 7.05 Å². The molecule has 0 spiro atoms. The Balaban J connectivity index is 2.11.